The van der Waals surface area contributed by atoms with E-state index in [-0.39, 0.29) is 5.56 Å². The lowest BCUT2D eigenvalue weighted by Crippen LogP contribution is -2.55. The Labute approximate surface area is 243 Å². The van der Waals surface area contributed by atoms with Gasteiger partial charge in [0.2, 0.25) is 5.91 Å². The number of ether oxygens (including phenoxy) is 3. The van der Waals surface area contributed by atoms with Gasteiger partial charge in [-0.15, -0.1) is 0 Å². The van der Waals surface area contributed by atoms with Crippen LogP contribution in [-0.4, -0.2) is 61.1 Å². The number of aliphatic carboxylic acids is 1. The summed E-state index contributed by atoms with van der Waals surface area (Å²) in [7, 11) is 4.24. The number of methoxy groups -OCH3 is 3. The van der Waals surface area contributed by atoms with E-state index in [1.807, 2.05) is 12.1 Å². The van der Waals surface area contributed by atoms with E-state index in [9.17, 15) is 30.0 Å². The molecule has 1 heterocycles. The number of carbonyl (C=O) groups excluding carboxylic acids is 2. The molecule has 0 aromatic heterocycles. The first-order valence-corrected chi connectivity index (χ1v) is 13.0. The maximum Gasteiger partial charge on any atom is 0.330 e. The van der Waals surface area contributed by atoms with Crippen molar-refractivity contribution in [1.82, 2.24) is 4.90 Å². The third-order valence-corrected chi connectivity index (χ3v) is 7.80. The van der Waals surface area contributed by atoms with Crippen LogP contribution in [0.5, 0.6) is 11.5 Å². The van der Waals surface area contributed by atoms with Gasteiger partial charge in [-0.3, -0.25) is 9.59 Å². The molecule has 0 aliphatic carbocycles. The highest BCUT2D eigenvalue weighted by atomic mass is 16.5. The van der Waals surface area contributed by atoms with E-state index in [0.29, 0.717) is 33.8 Å². The lowest BCUT2D eigenvalue weighted by Gasteiger charge is -2.37. The lowest BCUT2D eigenvalue weighted by molar-refractivity contribution is -0.159. The van der Waals surface area contributed by atoms with Crippen molar-refractivity contribution in [2.75, 3.05) is 27.9 Å². The Balaban J connectivity index is 2.06. The van der Waals surface area contributed by atoms with Crippen LogP contribution in [0.15, 0.2) is 66.7 Å². The van der Waals surface area contributed by atoms with Gasteiger partial charge >= 0.3 is 5.97 Å². The molecular weight excluding hydrogens is 538 g/mol. The quantitative estimate of drug-likeness (QED) is 0.377. The highest BCUT2D eigenvalue weighted by Crippen LogP contribution is 2.57. The molecule has 10 heteroatoms. The van der Waals surface area contributed by atoms with Crippen LogP contribution in [0.3, 0.4) is 0 Å². The van der Waals surface area contributed by atoms with Crippen molar-refractivity contribution in [2.24, 2.45) is 5.92 Å². The van der Waals surface area contributed by atoms with Crippen molar-refractivity contribution >= 4 is 17.7 Å². The van der Waals surface area contributed by atoms with Crippen molar-refractivity contribution in [3.8, 4) is 23.6 Å². The molecule has 0 saturated carbocycles. The summed E-state index contributed by atoms with van der Waals surface area (Å²) >= 11 is 0. The molecule has 10 nitrogen and oxygen atoms in total. The summed E-state index contributed by atoms with van der Waals surface area (Å²) in [4.78, 5) is 42.8. The van der Waals surface area contributed by atoms with Crippen LogP contribution >= 0.6 is 0 Å². The number of hydrogen-bond donors (Lipinski definition) is 1. The Hall–Kier alpha value is -5.19. The number of benzene rings is 3. The predicted molar refractivity (Wildman–Crippen MR) is 150 cm³/mol. The minimum Gasteiger partial charge on any atom is -0.493 e. The number of nitriles is 2. The van der Waals surface area contributed by atoms with Gasteiger partial charge in [0.25, 0.3) is 0 Å². The van der Waals surface area contributed by atoms with Crippen molar-refractivity contribution in [3.05, 3.63) is 94.5 Å². The van der Waals surface area contributed by atoms with E-state index in [0.717, 1.165) is 0 Å². The standard InChI is InChI=1S/C32H29N3O7/c1-32(31(38)39)28(23-13-14-24(41-3)25(15-23)42-4)27(30(37)22-11-7-20(17-34)8-12-22)29(35(32)26(36)18-40-2)21-9-5-19(16-33)6-10-21/h5-15,27-29H,18H2,1-4H3,(H,38,39). The zero-order valence-electron chi connectivity index (χ0n) is 23.5. The average molecular weight is 568 g/mol. The molecule has 4 rings (SSSR count). The number of ketones is 1. The summed E-state index contributed by atoms with van der Waals surface area (Å²) in [6.45, 7) is 0.999. The second-order valence-corrected chi connectivity index (χ2v) is 10.00. The molecule has 4 unspecified atom stereocenters. The molecule has 214 valence electrons. The molecule has 1 N–H and O–H groups in total. The number of rotatable bonds is 9. The molecule has 3 aromatic rings. The van der Waals surface area contributed by atoms with Gasteiger partial charge in [-0.1, -0.05) is 30.3 Å². The first kappa shape index (κ1) is 29.8. The average Bonchev–Trinajstić information content (AvgIpc) is 3.30. The van der Waals surface area contributed by atoms with Gasteiger partial charge in [-0.05, 0) is 54.4 Å². The topological polar surface area (TPSA) is 150 Å². The van der Waals surface area contributed by atoms with Crippen molar-refractivity contribution in [3.63, 3.8) is 0 Å². The first-order chi connectivity index (χ1) is 20.2. The van der Waals surface area contributed by atoms with E-state index >= 15 is 0 Å². The number of Topliss-reactive ketones (excluding diaryl/α,β-unsaturated/α-hetero) is 1. The second-order valence-electron chi connectivity index (χ2n) is 10.00. The number of hydrogen-bond acceptors (Lipinski definition) is 8. The van der Waals surface area contributed by atoms with Gasteiger partial charge < -0.3 is 24.2 Å². The number of carbonyl (C=O) groups is 3. The Bertz CT molecular complexity index is 1590. The molecule has 1 aliphatic rings. The van der Waals surface area contributed by atoms with Crippen LogP contribution in [0.4, 0.5) is 0 Å². The zero-order chi connectivity index (χ0) is 30.6. The summed E-state index contributed by atoms with van der Waals surface area (Å²) in [6, 6.07) is 20.3. The van der Waals surface area contributed by atoms with Crippen LogP contribution in [0.25, 0.3) is 0 Å². The number of carboxylic acid groups (broad SMARTS) is 1. The summed E-state index contributed by atoms with van der Waals surface area (Å²) in [5.74, 6) is -3.82. The molecule has 0 radical (unpaired) electrons. The molecule has 42 heavy (non-hydrogen) atoms. The third-order valence-electron chi connectivity index (χ3n) is 7.80. The summed E-state index contributed by atoms with van der Waals surface area (Å²) < 4.78 is 16.0. The molecule has 1 aliphatic heterocycles. The molecule has 0 bridgehead atoms. The Kier molecular flexibility index (Phi) is 8.60. The number of amides is 1. The van der Waals surface area contributed by atoms with Crippen LogP contribution in [0.2, 0.25) is 0 Å². The molecule has 3 aromatic carbocycles. The van der Waals surface area contributed by atoms with Crippen LogP contribution in [-0.2, 0) is 14.3 Å². The Morgan fingerprint density at radius 3 is 1.90 bits per heavy atom. The van der Waals surface area contributed by atoms with Crippen molar-refractivity contribution < 1.29 is 33.7 Å². The van der Waals surface area contributed by atoms with E-state index in [4.69, 9.17) is 14.2 Å². The number of carboxylic acids is 1. The fourth-order valence-electron chi connectivity index (χ4n) is 5.86. The third kappa shape index (κ3) is 5.05. The predicted octanol–water partition coefficient (Wildman–Crippen LogP) is 4.10. The normalized spacial score (nSPS) is 21.2. The summed E-state index contributed by atoms with van der Waals surface area (Å²) in [5.41, 5.74) is -0.0568. The first-order valence-electron chi connectivity index (χ1n) is 13.0. The number of nitrogens with zero attached hydrogens (tertiary/aromatic N) is 3. The summed E-state index contributed by atoms with van der Waals surface area (Å²) in [5, 5.41) is 29.5. The van der Waals surface area contributed by atoms with Crippen LogP contribution < -0.4 is 9.47 Å². The van der Waals surface area contributed by atoms with Gasteiger partial charge in [0.05, 0.1) is 49.4 Å². The minimum absolute atomic E-state index is 0.247. The van der Waals surface area contributed by atoms with Gasteiger partial charge in [0.15, 0.2) is 17.3 Å². The fraction of sp³-hybridized carbons (Fsp3) is 0.281. The molecular formula is C32H29N3O7. The lowest BCUT2D eigenvalue weighted by atomic mass is 9.71. The number of likely N-dealkylation sites (tertiary alicyclic amines) is 1. The largest absolute Gasteiger partial charge is 0.493 e. The molecule has 1 fully saturated rings. The Morgan fingerprint density at radius 1 is 0.857 bits per heavy atom. The van der Waals surface area contributed by atoms with Gasteiger partial charge in [0, 0.05) is 18.6 Å². The molecule has 1 amide bonds. The van der Waals surface area contributed by atoms with E-state index in [1.54, 1.807) is 42.5 Å². The highest BCUT2D eigenvalue weighted by Gasteiger charge is 2.64. The smallest absolute Gasteiger partial charge is 0.330 e. The molecule has 0 spiro atoms. The van der Waals surface area contributed by atoms with Gasteiger partial charge in [-0.2, -0.15) is 10.5 Å². The van der Waals surface area contributed by atoms with Gasteiger partial charge in [-0.25, -0.2) is 4.79 Å². The second kappa shape index (κ2) is 12.1. The maximum absolute atomic E-state index is 14.5. The van der Waals surface area contributed by atoms with Gasteiger partial charge in [0.1, 0.15) is 12.1 Å². The van der Waals surface area contributed by atoms with E-state index < -0.39 is 47.7 Å². The van der Waals surface area contributed by atoms with Crippen molar-refractivity contribution in [1.29, 1.82) is 10.5 Å². The SMILES string of the molecule is COCC(=O)N1C(c2ccc(C#N)cc2)C(C(=O)c2ccc(C#N)cc2)C(c2ccc(OC)c(OC)c2)C1(C)C(=O)O. The van der Waals surface area contributed by atoms with Crippen LogP contribution in [0, 0.1) is 28.6 Å². The molecule has 1 saturated heterocycles. The van der Waals surface area contributed by atoms with E-state index in [2.05, 4.69) is 0 Å². The monoisotopic (exact) mass is 567 g/mol. The minimum atomic E-state index is -1.93. The fourth-order valence-corrected chi connectivity index (χ4v) is 5.86. The van der Waals surface area contributed by atoms with Crippen molar-refractivity contribution in [2.45, 2.75) is 24.4 Å². The van der Waals surface area contributed by atoms with Crippen LogP contribution in [0.1, 0.15) is 51.5 Å². The zero-order valence-corrected chi connectivity index (χ0v) is 23.5. The maximum atomic E-state index is 14.5. The molecule has 4 atom stereocenters. The highest BCUT2D eigenvalue weighted by molar-refractivity contribution is 6.02. The summed E-state index contributed by atoms with van der Waals surface area (Å²) in [6.07, 6.45) is 0. The van der Waals surface area contributed by atoms with E-state index in [1.165, 1.54) is 57.4 Å². The Morgan fingerprint density at radius 2 is 1.40 bits per heavy atom.